The van der Waals surface area contributed by atoms with Gasteiger partial charge in [-0.1, -0.05) is 36.4 Å². The van der Waals surface area contributed by atoms with E-state index in [2.05, 4.69) is 0 Å². The molecule has 1 heterocycles. The lowest BCUT2D eigenvalue weighted by molar-refractivity contribution is 0.1000. The van der Waals surface area contributed by atoms with Gasteiger partial charge in [0.25, 0.3) is 0 Å². The Morgan fingerprint density at radius 1 is 1.17 bits per heavy atom. The van der Waals surface area contributed by atoms with Crippen LogP contribution in [0.2, 0.25) is 0 Å². The third kappa shape index (κ3) is 2.65. The number of nitrogens with two attached hydrogens (primary N) is 1. The van der Waals surface area contributed by atoms with E-state index < -0.39 is 5.91 Å². The number of rotatable bonds is 3. The zero-order chi connectivity index (χ0) is 16.6. The van der Waals surface area contributed by atoms with E-state index in [1.54, 1.807) is 29.0 Å². The zero-order valence-electron chi connectivity index (χ0n) is 13.2. The quantitative estimate of drug-likeness (QED) is 0.947. The second-order valence-electron chi connectivity index (χ2n) is 5.78. The predicted octanol–water partition coefficient (Wildman–Crippen LogP) is 2.92. The molecule has 0 aliphatic carbocycles. The number of carbonyl (C=O) groups is 2. The summed E-state index contributed by atoms with van der Waals surface area (Å²) in [7, 11) is 1.79. The fourth-order valence-electron chi connectivity index (χ4n) is 2.87. The lowest BCUT2D eigenvalue weighted by Crippen LogP contribution is -2.46. The van der Waals surface area contributed by atoms with E-state index in [9.17, 15) is 9.59 Å². The molecule has 23 heavy (non-hydrogen) atoms. The Balaban J connectivity index is 2.08. The first-order chi connectivity index (χ1) is 11.0. The van der Waals surface area contributed by atoms with Gasteiger partial charge in [-0.05, 0) is 30.2 Å². The van der Waals surface area contributed by atoms with E-state index in [0.29, 0.717) is 12.1 Å². The molecule has 1 aliphatic heterocycles. The van der Waals surface area contributed by atoms with Crippen LogP contribution < -0.4 is 10.6 Å². The molecule has 0 aromatic heterocycles. The number of carbonyl (C=O) groups excluding carboxylic acids is 2. The van der Waals surface area contributed by atoms with Crippen molar-refractivity contribution in [3.05, 3.63) is 65.2 Å². The van der Waals surface area contributed by atoms with Gasteiger partial charge in [-0.15, -0.1) is 0 Å². The van der Waals surface area contributed by atoms with Gasteiger partial charge in [-0.25, -0.2) is 4.79 Å². The molecule has 2 aromatic rings. The van der Waals surface area contributed by atoms with Crippen LogP contribution in [0.1, 0.15) is 34.5 Å². The van der Waals surface area contributed by atoms with Gasteiger partial charge in [0.1, 0.15) is 0 Å². The Hall–Kier alpha value is -2.82. The molecule has 3 amide bonds. The van der Waals surface area contributed by atoms with Crippen molar-refractivity contribution in [2.24, 2.45) is 5.73 Å². The smallest absolute Gasteiger partial charge is 0.325 e. The van der Waals surface area contributed by atoms with Crippen LogP contribution in [0.4, 0.5) is 10.5 Å². The van der Waals surface area contributed by atoms with Crippen molar-refractivity contribution in [3.8, 4) is 0 Å². The highest BCUT2D eigenvalue weighted by atomic mass is 16.2. The number of fused-ring (bicyclic) bond motifs is 1. The molecule has 1 atom stereocenters. The number of hydrogen-bond acceptors (Lipinski definition) is 2. The maximum atomic E-state index is 12.7. The van der Waals surface area contributed by atoms with E-state index in [1.807, 2.05) is 43.3 Å². The molecule has 0 spiro atoms. The maximum absolute atomic E-state index is 12.7. The largest absolute Gasteiger partial charge is 0.366 e. The minimum Gasteiger partial charge on any atom is -0.366 e. The van der Waals surface area contributed by atoms with Crippen molar-refractivity contribution in [2.75, 3.05) is 11.9 Å². The summed E-state index contributed by atoms with van der Waals surface area (Å²) in [6.45, 7) is 2.42. The number of nitrogens with zero attached hydrogens (tertiary/aromatic N) is 2. The summed E-state index contributed by atoms with van der Waals surface area (Å²) in [6.07, 6.45) is 0. The molecule has 5 heteroatoms. The number of urea groups is 1. The van der Waals surface area contributed by atoms with Gasteiger partial charge in [0.15, 0.2) is 0 Å². The van der Waals surface area contributed by atoms with Crippen LogP contribution >= 0.6 is 0 Å². The summed E-state index contributed by atoms with van der Waals surface area (Å²) >= 11 is 0. The molecule has 2 aromatic carbocycles. The molecule has 3 rings (SSSR count). The minimum atomic E-state index is -0.494. The van der Waals surface area contributed by atoms with Gasteiger partial charge in [-0.3, -0.25) is 9.69 Å². The minimum absolute atomic E-state index is 0.0496. The van der Waals surface area contributed by atoms with Crippen molar-refractivity contribution < 1.29 is 9.59 Å². The molecule has 0 fully saturated rings. The van der Waals surface area contributed by atoms with Crippen molar-refractivity contribution in [3.63, 3.8) is 0 Å². The van der Waals surface area contributed by atoms with Gasteiger partial charge in [0.05, 0.1) is 18.3 Å². The number of anilines is 1. The van der Waals surface area contributed by atoms with Gasteiger partial charge >= 0.3 is 6.03 Å². The van der Waals surface area contributed by atoms with Crippen molar-refractivity contribution >= 4 is 17.6 Å². The number of amides is 3. The van der Waals surface area contributed by atoms with Gasteiger partial charge in [0.2, 0.25) is 5.91 Å². The monoisotopic (exact) mass is 309 g/mol. The first kappa shape index (κ1) is 15.1. The van der Waals surface area contributed by atoms with E-state index >= 15 is 0 Å². The molecule has 5 nitrogen and oxygen atoms in total. The SMILES string of the molecule is C[C@H]1c2ccc(C(N)=O)cc2N(Cc2ccccc2)C(=O)N1C. The Labute approximate surface area is 135 Å². The second-order valence-corrected chi connectivity index (χ2v) is 5.78. The fraction of sp³-hybridized carbons (Fsp3) is 0.222. The summed E-state index contributed by atoms with van der Waals surface area (Å²) < 4.78 is 0. The molecule has 0 saturated carbocycles. The molecular weight excluding hydrogens is 290 g/mol. The fourth-order valence-corrected chi connectivity index (χ4v) is 2.87. The summed E-state index contributed by atoms with van der Waals surface area (Å²) in [5.74, 6) is -0.494. The van der Waals surface area contributed by atoms with Gasteiger partial charge in [0, 0.05) is 12.6 Å². The third-order valence-corrected chi connectivity index (χ3v) is 4.35. The number of hydrogen-bond donors (Lipinski definition) is 1. The molecule has 0 bridgehead atoms. The van der Waals surface area contributed by atoms with Crippen molar-refractivity contribution in [1.82, 2.24) is 4.90 Å². The number of primary amides is 1. The average molecular weight is 309 g/mol. The zero-order valence-corrected chi connectivity index (χ0v) is 13.2. The van der Waals surface area contributed by atoms with Crippen LogP contribution in [-0.2, 0) is 6.54 Å². The van der Waals surface area contributed by atoms with Crippen LogP contribution in [0.5, 0.6) is 0 Å². The standard InChI is InChI=1S/C18H19N3O2/c1-12-15-9-8-14(17(19)22)10-16(15)21(18(23)20(12)2)11-13-6-4-3-5-7-13/h3-10,12H,11H2,1-2H3,(H2,19,22)/t12-/m0/s1. The van der Waals surface area contributed by atoms with Gasteiger partial charge < -0.3 is 10.6 Å². The van der Waals surface area contributed by atoms with Crippen molar-refractivity contribution in [2.45, 2.75) is 19.5 Å². The Morgan fingerprint density at radius 2 is 1.87 bits per heavy atom. The second kappa shape index (κ2) is 5.76. The highest BCUT2D eigenvalue weighted by Gasteiger charge is 2.33. The molecule has 0 saturated heterocycles. The molecule has 0 unspecified atom stereocenters. The Morgan fingerprint density at radius 3 is 2.52 bits per heavy atom. The maximum Gasteiger partial charge on any atom is 0.325 e. The average Bonchev–Trinajstić information content (AvgIpc) is 2.57. The van der Waals surface area contributed by atoms with Crippen LogP contribution in [0.25, 0.3) is 0 Å². The lowest BCUT2D eigenvalue weighted by Gasteiger charge is -2.39. The summed E-state index contributed by atoms with van der Waals surface area (Å²) in [5, 5.41) is 0. The predicted molar refractivity (Wildman–Crippen MR) is 89.2 cm³/mol. The van der Waals surface area contributed by atoms with Crippen LogP contribution in [-0.4, -0.2) is 23.9 Å². The molecule has 1 aliphatic rings. The normalized spacial score (nSPS) is 17.1. The van der Waals surface area contributed by atoms with E-state index in [0.717, 1.165) is 16.8 Å². The molecule has 0 radical (unpaired) electrons. The van der Waals surface area contributed by atoms with Crippen LogP contribution in [0, 0.1) is 0 Å². The summed E-state index contributed by atoms with van der Waals surface area (Å²) in [6, 6.07) is 14.9. The summed E-state index contributed by atoms with van der Waals surface area (Å²) in [5.41, 5.74) is 8.58. The molecule has 2 N–H and O–H groups in total. The highest BCUT2D eigenvalue weighted by Crippen LogP contribution is 2.37. The van der Waals surface area contributed by atoms with Crippen molar-refractivity contribution in [1.29, 1.82) is 0 Å². The van der Waals surface area contributed by atoms with Gasteiger partial charge in [-0.2, -0.15) is 0 Å². The van der Waals surface area contributed by atoms with Crippen LogP contribution in [0.3, 0.4) is 0 Å². The van der Waals surface area contributed by atoms with Crippen LogP contribution in [0.15, 0.2) is 48.5 Å². The first-order valence-corrected chi connectivity index (χ1v) is 7.51. The molecular formula is C18H19N3O2. The number of benzene rings is 2. The topological polar surface area (TPSA) is 66.6 Å². The Bertz CT molecular complexity index is 758. The Kier molecular flexibility index (Phi) is 3.78. The van der Waals surface area contributed by atoms with E-state index in [4.69, 9.17) is 5.73 Å². The summed E-state index contributed by atoms with van der Waals surface area (Å²) in [4.78, 5) is 27.6. The van der Waals surface area contributed by atoms with E-state index in [-0.39, 0.29) is 12.1 Å². The first-order valence-electron chi connectivity index (χ1n) is 7.51. The lowest BCUT2D eigenvalue weighted by atomic mass is 9.98. The highest BCUT2D eigenvalue weighted by molar-refractivity contribution is 5.99. The molecule has 118 valence electrons. The third-order valence-electron chi connectivity index (χ3n) is 4.35. The van der Waals surface area contributed by atoms with E-state index in [1.165, 1.54) is 0 Å².